The Morgan fingerprint density at radius 2 is 2.00 bits per heavy atom. The number of hydrogen-bond acceptors (Lipinski definition) is 1. The Morgan fingerprint density at radius 1 is 1.40 bits per heavy atom. The molecule has 53 valence electrons. The van der Waals surface area contributed by atoms with Crippen LogP contribution in [0.4, 0.5) is 0 Å². The molecule has 0 aliphatic rings. The minimum absolute atomic E-state index is 0. The average molecular weight is 290 g/mol. The SMILES string of the molecule is C[CH-]CC[N-]CCO.[Rb+].[Y]. The van der Waals surface area contributed by atoms with Gasteiger partial charge in [-0.05, 0) is 0 Å². The molecular weight excluding hydrogens is 276 g/mol. The van der Waals surface area contributed by atoms with Gasteiger partial charge in [0.1, 0.15) is 0 Å². The normalized spacial score (nSPS) is 7.80. The number of aliphatic hydroxyl groups is 1. The third-order valence-corrected chi connectivity index (χ3v) is 0.834. The summed E-state index contributed by atoms with van der Waals surface area (Å²) >= 11 is 0. The zero-order valence-corrected chi connectivity index (χ0v) is 14.6. The van der Waals surface area contributed by atoms with E-state index in [1.807, 2.05) is 6.92 Å². The molecule has 0 aromatic carbocycles. The van der Waals surface area contributed by atoms with Crippen LogP contribution in [0.15, 0.2) is 0 Å². The summed E-state index contributed by atoms with van der Waals surface area (Å²) in [6.45, 7) is 3.64. The molecule has 0 aliphatic carbocycles. The van der Waals surface area contributed by atoms with Gasteiger partial charge in [-0.3, -0.25) is 0 Å². The minimum Gasteiger partial charge on any atom is -0.662 e. The second-order valence-corrected chi connectivity index (χ2v) is 1.59. The largest absolute Gasteiger partial charge is 1.00 e. The van der Waals surface area contributed by atoms with Gasteiger partial charge >= 0.3 is 58.2 Å². The molecule has 0 rings (SSSR count). The summed E-state index contributed by atoms with van der Waals surface area (Å²) in [5, 5.41) is 12.3. The van der Waals surface area contributed by atoms with Crippen LogP contribution < -0.4 is 58.2 Å². The average Bonchev–Trinajstić information content (AvgIpc) is 1.81. The summed E-state index contributed by atoms with van der Waals surface area (Å²) in [5.41, 5.74) is 0. The molecular formula is C6H13NORbY-. The summed E-state index contributed by atoms with van der Waals surface area (Å²) in [6.07, 6.45) is 3.10. The molecule has 0 atom stereocenters. The van der Waals surface area contributed by atoms with Gasteiger partial charge in [-0.15, -0.1) is 6.54 Å². The van der Waals surface area contributed by atoms with Crippen molar-refractivity contribution in [3.8, 4) is 0 Å². The van der Waals surface area contributed by atoms with Gasteiger partial charge in [-0.1, -0.05) is 0 Å². The van der Waals surface area contributed by atoms with Crippen molar-refractivity contribution in [1.29, 1.82) is 0 Å². The summed E-state index contributed by atoms with van der Waals surface area (Å²) in [7, 11) is 0. The number of nitrogens with zero attached hydrogens (tertiary/aromatic N) is 1. The molecule has 0 bridgehead atoms. The molecule has 0 aromatic heterocycles. The minimum atomic E-state index is 0. The van der Waals surface area contributed by atoms with Crippen molar-refractivity contribution in [2.24, 2.45) is 0 Å². The van der Waals surface area contributed by atoms with Gasteiger partial charge in [0, 0.05) is 39.3 Å². The second-order valence-electron chi connectivity index (χ2n) is 1.59. The van der Waals surface area contributed by atoms with Crippen molar-refractivity contribution in [2.45, 2.75) is 13.3 Å². The molecule has 0 aliphatic heterocycles. The third kappa shape index (κ3) is 17.1. The number of hydrogen-bond donors (Lipinski definition) is 1. The molecule has 0 unspecified atom stereocenters. The first-order valence-electron chi connectivity index (χ1n) is 2.93. The van der Waals surface area contributed by atoms with Crippen molar-refractivity contribution in [1.82, 2.24) is 0 Å². The molecule has 0 saturated carbocycles. The van der Waals surface area contributed by atoms with Crippen LogP contribution in [-0.2, 0) is 32.7 Å². The van der Waals surface area contributed by atoms with Gasteiger partial charge in [-0.2, -0.15) is 19.9 Å². The molecule has 0 fully saturated rings. The van der Waals surface area contributed by atoms with Gasteiger partial charge in [-0.25, -0.2) is 0 Å². The Labute approximate surface area is 138 Å². The predicted octanol–water partition coefficient (Wildman–Crippen LogP) is -2.03. The van der Waals surface area contributed by atoms with E-state index in [0.717, 1.165) is 13.0 Å². The van der Waals surface area contributed by atoms with Gasteiger partial charge in [0.25, 0.3) is 0 Å². The molecule has 0 aromatic rings. The molecule has 0 spiro atoms. The van der Waals surface area contributed by atoms with Crippen molar-refractivity contribution in [3.63, 3.8) is 0 Å². The molecule has 0 saturated heterocycles. The summed E-state index contributed by atoms with van der Waals surface area (Å²) < 4.78 is 0. The fraction of sp³-hybridized carbons (Fsp3) is 0.833. The maximum atomic E-state index is 8.26. The quantitative estimate of drug-likeness (QED) is 0.460. The van der Waals surface area contributed by atoms with Gasteiger partial charge in [0.15, 0.2) is 0 Å². The van der Waals surface area contributed by atoms with Crippen LogP contribution >= 0.6 is 0 Å². The third-order valence-electron chi connectivity index (χ3n) is 0.834. The van der Waals surface area contributed by atoms with Crippen molar-refractivity contribution >= 4 is 0 Å². The molecule has 4 heteroatoms. The van der Waals surface area contributed by atoms with Gasteiger partial charge < -0.3 is 16.8 Å². The Hall–Kier alpha value is 2.83. The van der Waals surface area contributed by atoms with Crippen LogP contribution in [-0.4, -0.2) is 24.8 Å². The number of rotatable bonds is 5. The maximum absolute atomic E-state index is 8.26. The standard InChI is InChI=1S/C6H13NO.Rb.Y/c1-2-3-4-7-5-6-8;;/h2,8H,3-6H2,1H3;;/q-2;+1;. The zero-order valence-electron chi connectivity index (χ0n) is 6.88. The van der Waals surface area contributed by atoms with E-state index in [1.54, 1.807) is 0 Å². The first-order valence-corrected chi connectivity index (χ1v) is 2.93. The first kappa shape index (κ1) is 18.6. The second kappa shape index (κ2) is 17.8. The number of aliphatic hydroxyl groups excluding tert-OH is 1. The Kier molecular flexibility index (Phi) is 33.1. The van der Waals surface area contributed by atoms with E-state index < -0.39 is 0 Å². The summed E-state index contributed by atoms with van der Waals surface area (Å²) in [4.78, 5) is 0. The van der Waals surface area contributed by atoms with Crippen LogP contribution in [0.3, 0.4) is 0 Å². The van der Waals surface area contributed by atoms with E-state index in [4.69, 9.17) is 5.11 Å². The number of unbranched alkanes of at least 4 members (excludes halogenated alkanes) is 1. The Balaban J connectivity index is -0.000000245. The Bertz CT molecular complexity index is 42.7. The van der Waals surface area contributed by atoms with Crippen LogP contribution in [0.1, 0.15) is 13.3 Å². The molecule has 1 radical (unpaired) electrons. The predicted molar refractivity (Wildman–Crippen MR) is 34.8 cm³/mol. The monoisotopic (exact) mass is 289 g/mol. The van der Waals surface area contributed by atoms with E-state index in [9.17, 15) is 0 Å². The molecule has 1 N–H and O–H groups in total. The van der Waals surface area contributed by atoms with E-state index in [0.29, 0.717) is 6.54 Å². The zero-order chi connectivity index (χ0) is 6.24. The Morgan fingerprint density at radius 3 is 2.40 bits per heavy atom. The van der Waals surface area contributed by atoms with Crippen LogP contribution in [0.25, 0.3) is 5.32 Å². The van der Waals surface area contributed by atoms with E-state index >= 15 is 0 Å². The van der Waals surface area contributed by atoms with Gasteiger partial charge in [0.2, 0.25) is 0 Å². The fourth-order valence-corrected chi connectivity index (χ4v) is 0.403. The van der Waals surface area contributed by atoms with E-state index in [-0.39, 0.29) is 97.5 Å². The van der Waals surface area contributed by atoms with E-state index in [2.05, 4.69) is 11.7 Å². The smallest absolute Gasteiger partial charge is 0.662 e. The maximum Gasteiger partial charge on any atom is 1.00 e. The topological polar surface area (TPSA) is 34.3 Å². The molecule has 0 heterocycles. The van der Waals surface area contributed by atoms with Crippen LogP contribution in [0, 0.1) is 6.42 Å². The van der Waals surface area contributed by atoms with Crippen LogP contribution in [0.5, 0.6) is 0 Å². The summed E-state index contributed by atoms with van der Waals surface area (Å²) in [5.74, 6) is 0. The van der Waals surface area contributed by atoms with Crippen molar-refractivity contribution in [3.05, 3.63) is 11.7 Å². The van der Waals surface area contributed by atoms with Crippen molar-refractivity contribution < 1.29 is 96.0 Å². The molecule has 0 amide bonds. The van der Waals surface area contributed by atoms with Crippen molar-refractivity contribution in [2.75, 3.05) is 19.7 Å². The van der Waals surface area contributed by atoms with E-state index in [1.165, 1.54) is 0 Å². The summed E-state index contributed by atoms with van der Waals surface area (Å²) in [6, 6.07) is 0. The van der Waals surface area contributed by atoms with Gasteiger partial charge in [0.05, 0.1) is 0 Å². The molecule has 10 heavy (non-hydrogen) atoms. The molecule has 2 nitrogen and oxygen atoms in total. The first-order chi connectivity index (χ1) is 3.91. The van der Waals surface area contributed by atoms with Crippen LogP contribution in [0.2, 0.25) is 0 Å². The fourth-order valence-electron chi connectivity index (χ4n) is 0.403.